The second-order valence-electron chi connectivity index (χ2n) is 13.1. The SMILES string of the molecule is CC(=CC[C@H](O[Si](C)(C)C(C)(C)C)C(C)=Cc1csc(C)n1)CC[P+](c1ccccc1)(c1ccccc1)c1ccccc1. The molecule has 0 spiro atoms. The summed E-state index contributed by atoms with van der Waals surface area (Å²) in [7, 11) is -3.83. The molecule has 1 aromatic heterocycles. The van der Waals surface area contributed by atoms with Crippen molar-refractivity contribution in [3.05, 3.63) is 124 Å². The van der Waals surface area contributed by atoms with Crippen LogP contribution in [-0.4, -0.2) is 25.6 Å². The molecule has 0 saturated heterocycles. The van der Waals surface area contributed by atoms with E-state index in [9.17, 15) is 0 Å². The van der Waals surface area contributed by atoms with Gasteiger partial charge in [-0.15, -0.1) is 11.3 Å². The van der Waals surface area contributed by atoms with Crippen LogP contribution in [0.15, 0.2) is 114 Å². The first kappa shape index (κ1) is 33.3. The summed E-state index contributed by atoms with van der Waals surface area (Å²) in [6, 6.07) is 33.6. The van der Waals surface area contributed by atoms with Gasteiger partial charge in [-0.1, -0.05) is 87.0 Å². The zero-order valence-electron chi connectivity index (χ0n) is 27.3. The number of hydrogen-bond donors (Lipinski definition) is 0. The maximum absolute atomic E-state index is 7.06. The number of aromatic nitrogens is 1. The lowest BCUT2D eigenvalue weighted by Gasteiger charge is -2.39. The number of benzene rings is 3. The van der Waals surface area contributed by atoms with Crippen molar-refractivity contribution in [3.63, 3.8) is 0 Å². The summed E-state index contributed by atoms with van der Waals surface area (Å²) in [5.74, 6) is 0. The Morgan fingerprint density at radius 2 is 1.35 bits per heavy atom. The van der Waals surface area contributed by atoms with Gasteiger partial charge in [0.05, 0.1) is 23.0 Å². The predicted molar refractivity (Wildman–Crippen MR) is 196 cm³/mol. The molecule has 1 heterocycles. The molecule has 2 nitrogen and oxygen atoms in total. The summed E-state index contributed by atoms with van der Waals surface area (Å²) >= 11 is 1.70. The van der Waals surface area contributed by atoms with Crippen LogP contribution in [0.25, 0.3) is 6.08 Å². The minimum absolute atomic E-state index is 0.0368. The standard InChI is InChI=1S/C38H49NOPSSi/c1-30(24-25-37(40-43(7,8)38(4,5)6)31(2)28-33-29-42-32(3)39-33)26-27-41(34-18-12-9-13-19-34,35-20-14-10-15-21-35)36-22-16-11-17-23-36/h9-24,28-29,37H,25-27H2,1-8H3/q+1/t37-/m0/s1. The molecule has 43 heavy (non-hydrogen) atoms. The van der Waals surface area contributed by atoms with Crippen molar-refractivity contribution >= 4 is 48.9 Å². The van der Waals surface area contributed by atoms with Crippen LogP contribution < -0.4 is 15.9 Å². The second-order valence-corrected chi connectivity index (χ2v) is 22.6. The highest BCUT2D eigenvalue weighted by molar-refractivity contribution is 7.95. The van der Waals surface area contributed by atoms with E-state index in [1.807, 2.05) is 0 Å². The van der Waals surface area contributed by atoms with E-state index >= 15 is 0 Å². The largest absolute Gasteiger partial charge is 0.410 e. The van der Waals surface area contributed by atoms with Crippen LogP contribution in [0, 0.1) is 6.92 Å². The third-order valence-corrected chi connectivity index (χ3v) is 18.6. The number of allylic oxidation sites excluding steroid dienone is 1. The van der Waals surface area contributed by atoms with Gasteiger partial charge in [0.25, 0.3) is 0 Å². The van der Waals surface area contributed by atoms with Crippen LogP contribution in [0.4, 0.5) is 0 Å². The van der Waals surface area contributed by atoms with Crippen molar-refractivity contribution in [1.29, 1.82) is 0 Å². The molecule has 0 fully saturated rings. The van der Waals surface area contributed by atoms with Crippen molar-refractivity contribution in [2.75, 3.05) is 6.16 Å². The summed E-state index contributed by atoms with van der Waals surface area (Å²) in [6.45, 7) is 18.3. The molecule has 5 heteroatoms. The lowest BCUT2D eigenvalue weighted by molar-refractivity contribution is 0.217. The Bertz CT molecular complexity index is 1410. The lowest BCUT2D eigenvalue weighted by atomic mass is 10.1. The first-order valence-corrected chi connectivity index (χ1v) is 21.2. The fraction of sp³-hybridized carbons (Fsp3) is 0.342. The van der Waals surface area contributed by atoms with Gasteiger partial charge in [-0.2, -0.15) is 0 Å². The van der Waals surface area contributed by atoms with Crippen LogP contribution in [0.5, 0.6) is 0 Å². The van der Waals surface area contributed by atoms with Gasteiger partial charge >= 0.3 is 0 Å². The van der Waals surface area contributed by atoms with E-state index in [0.717, 1.165) is 29.7 Å². The Morgan fingerprint density at radius 1 is 0.860 bits per heavy atom. The number of rotatable bonds is 12. The number of hydrogen-bond acceptors (Lipinski definition) is 3. The molecule has 0 radical (unpaired) electrons. The van der Waals surface area contributed by atoms with E-state index < -0.39 is 15.6 Å². The highest BCUT2D eigenvalue weighted by Gasteiger charge is 2.44. The fourth-order valence-corrected chi connectivity index (χ4v) is 11.6. The molecule has 0 amide bonds. The highest BCUT2D eigenvalue weighted by atomic mass is 32.1. The number of thiazole rings is 1. The van der Waals surface area contributed by atoms with Crippen LogP contribution in [0.1, 0.15) is 58.2 Å². The van der Waals surface area contributed by atoms with Gasteiger partial charge in [0.15, 0.2) is 8.32 Å². The Kier molecular flexibility index (Phi) is 11.2. The molecule has 0 unspecified atom stereocenters. The average molecular weight is 627 g/mol. The quantitative estimate of drug-likeness (QED) is 0.0887. The smallest absolute Gasteiger partial charge is 0.192 e. The summed E-state index contributed by atoms with van der Waals surface area (Å²) in [5.41, 5.74) is 3.71. The van der Waals surface area contributed by atoms with Crippen molar-refractivity contribution in [1.82, 2.24) is 4.98 Å². The molecule has 0 aliphatic carbocycles. The van der Waals surface area contributed by atoms with Gasteiger partial charge < -0.3 is 4.43 Å². The van der Waals surface area contributed by atoms with E-state index in [2.05, 4.69) is 163 Å². The molecule has 226 valence electrons. The highest BCUT2D eigenvalue weighted by Crippen LogP contribution is 2.56. The molecule has 0 aliphatic rings. The summed E-state index contributed by atoms with van der Waals surface area (Å²) in [4.78, 5) is 4.70. The molecule has 4 rings (SSSR count). The predicted octanol–water partition coefficient (Wildman–Crippen LogP) is 9.97. The molecule has 3 aromatic carbocycles. The van der Waals surface area contributed by atoms with Crippen molar-refractivity contribution in [2.45, 2.75) is 78.6 Å². The number of nitrogens with zero attached hydrogens (tertiary/aromatic N) is 1. The first-order chi connectivity index (χ1) is 20.4. The molecule has 1 atom stereocenters. The zero-order chi connectivity index (χ0) is 31.1. The maximum atomic E-state index is 7.06. The van der Waals surface area contributed by atoms with Crippen molar-refractivity contribution in [2.24, 2.45) is 0 Å². The topological polar surface area (TPSA) is 22.1 Å². The fourth-order valence-electron chi connectivity index (χ4n) is 5.27. The Hall–Kier alpha value is -2.62. The Labute approximate surface area is 266 Å². The summed E-state index contributed by atoms with van der Waals surface area (Å²) in [6.07, 6.45) is 7.70. The van der Waals surface area contributed by atoms with Crippen LogP contribution in [0.2, 0.25) is 18.1 Å². The summed E-state index contributed by atoms with van der Waals surface area (Å²) < 4.78 is 7.06. The average Bonchev–Trinajstić information content (AvgIpc) is 3.40. The van der Waals surface area contributed by atoms with E-state index in [-0.39, 0.29) is 11.1 Å². The molecular formula is C38H49NOPSSi+. The Balaban J connectivity index is 1.66. The second kappa shape index (κ2) is 14.4. The van der Waals surface area contributed by atoms with E-state index in [1.165, 1.54) is 27.1 Å². The van der Waals surface area contributed by atoms with Crippen LogP contribution in [0.3, 0.4) is 0 Å². The van der Waals surface area contributed by atoms with Gasteiger partial charge in [0, 0.05) is 11.8 Å². The third kappa shape index (κ3) is 8.31. The van der Waals surface area contributed by atoms with Gasteiger partial charge in [-0.3, -0.25) is 0 Å². The minimum Gasteiger partial charge on any atom is -0.410 e. The van der Waals surface area contributed by atoms with E-state index in [1.54, 1.807) is 11.3 Å². The van der Waals surface area contributed by atoms with Crippen molar-refractivity contribution in [3.8, 4) is 0 Å². The molecule has 0 bridgehead atoms. The molecule has 0 N–H and O–H groups in total. The molecule has 0 aliphatic heterocycles. The molecule has 0 saturated carbocycles. The monoisotopic (exact) mass is 626 g/mol. The van der Waals surface area contributed by atoms with Gasteiger partial charge in [0.1, 0.15) is 23.2 Å². The van der Waals surface area contributed by atoms with Crippen LogP contribution >= 0.6 is 18.6 Å². The first-order valence-electron chi connectivity index (χ1n) is 15.4. The normalized spacial score (nSPS) is 14.1. The number of aryl methyl sites for hydroxylation is 1. The Morgan fingerprint density at radius 3 is 1.77 bits per heavy atom. The molecule has 4 aromatic rings. The minimum atomic E-state index is -1.98. The van der Waals surface area contributed by atoms with E-state index in [0.29, 0.717) is 0 Å². The summed E-state index contributed by atoms with van der Waals surface area (Å²) in [5, 5.41) is 7.71. The van der Waals surface area contributed by atoms with Crippen molar-refractivity contribution < 1.29 is 4.43 Å². The molecular weight excluding hydrogens is 578 g/mol. The third-order valence-electron chi connectivity index (χ3n) is 8.88. The lowest BCUT2D eigenvalue weighted by Crippen LogP contribution is -2.44. The van der Waals surface area contributed by atoms with Gasteiger partial charge in [0.2, 0.25) is 0 Å². The van der Waals surface area contributed by atoms with Crippen LogP contribution in [-0.2, 0) is 4.43 Å². The van der Waals surface area contributed by atoms with E-state index in [4.69, 9.17) is 9.41 Å². The van der Waals surface area contributed by atoms with Gasteiger partial charge in [-0.25, -0.2) is 4.98 Å². The maximum Gasteiger partial charge on any atom is 0.192 e. The van der Waals surface area contributed by atoms with Gasteiger partial charge in [-0.05, 0) is 93.4 Å². The zero-order valence-corrected chi connectivity index (χ0v) is 30.0.